The van der Waals surface area contributed by atoms with Crippen LogP contribution in [0.15, 0.2) is 0 Å². The smallest absolute Gasteiger partial charge is 0.249 e. The normalized spacial score (nSPS) is 25.2. The fourth-order valence-electron chi connectivity index (χ4n) is 0.949. The molecule has 1 fully saturated rings. The molecular formula is C6H8F2O. The molecule has 0 aliphatic heterocycles. The van der Waals surface area contributed by atoms with Crippen molar-refractivity contribution in [2.45, 2.75) is 25.7 Å². The minimum Gasteiger partial charge on any atom is -0.300 e. The van der Waals surface area contributed by atoms with Gasteiger partial charge in [0.2, 0.25) is 5.92 Å². The molecule has 0 aromatic carbocycles. The van der Waals surface area contributed by atoms with Gasteiger partial charge in [-0.15, -0.1) is 0 Å². The van der Waals surface area contributed by atoms with Crippen molar-refractivity contribution >= 4 is 5.78 Å². The van der Waals surface area contributed by atoms with E-state index in [4.69, 9.17) is 0 Å². The molecular weight excluding hydrogens is 126 g/mol. The molecule has 0 aromatic rings. The molecule has 1 aliphatic rings. The van der Waals surface area contributed by atoms with E-state index >= 15 is 0 Å². The number of carbonyl (C=O) groups is 1. The van der Waals surface area contributed by atoms with E-state index < -0.39 is 5.92 Å². The summed E-state index contributed by atoms with van der Waals surface area (Å²) in [5, 5.41) is 0. The lowest BCUT2D eigenvalue weighted by Gasteiger charge is -2.32. The van der Waals surface area contributed by atoms with Crippen molar-refractivity contribution in [1.82, 2.24) is 0 Å². The fraction of sp³-hybridized carbons (Fsp3) is 0.833. The van der Waals surface area contributed by atoms with Gasteiger partial charge in [0.05, 0.1) is 0 Å². The maximum Gasteiger partial charge on any atom is 0.249 e. The number of rotatable bonds is 1. The molecule has 0 spiro atoms. The Bertz CT molecular complexity index is 134. The fourth-order valence-corrected chi connectivity index (χ4v) is 0.949. The summed E-state index contributed by atoms with van der Waals surface area (Å²) in [6.45, 7) is 1.36. The first-order valence-electron chi connectivity index (χ1n) is 2.89. The van der Waals surface area contributed by atoms with Gasteiger partial charge < -0.3 is 0 Å². The molecule has 0 N–H and O–H groups in total. The highest BCUT2D eigenvalue weighted by Crippen LogP contribution is 2.42. The molecule has 3 heteroatoms. The Hall–Kier alpha value is -0.470. The highest BCUT2D eigenvalue weighted by atomic mass is 19.3. The molecule has 0 amide bonds. The Balaban J connectivity index is 2.35. The highest BCUT2D eigenvalue weighted by molar-refractivity contribution is 5.79. The molecule has 9 heavy (non-hydrogen) atoms. The summed E-state index contributed by atoms with van der Waals surface area (Å²) in [6, 6.07) is 0. The number of hydrogen-bond donors (Lipinski definition) is 0. The Labute approximate surface area is 52.1 Å². The molecule has 0 bridgehead atoms. The van der Waals surface area contributed by atoms with Crippen LogP contribution in [0, 0.1) is 5.92 Å². The summed E-state index contributed by atoms with van der Waals surface area (Å²) in [7, 11) is 0. The second-order valence-corrected chi connectivity index (χ2v) is 2.57. The van der Waals surface area contributed by atoms with Crippen LogP contribution >= 0.6 is 0 Å². The number of alkyl halides is 2. The predicted octanol–water partition coefficient (Wildman–Crippen LogP) is 1.62. The molecule has 1 nitrogen and oxygen atoms in total. The van der Waals surface area contributed by atoms with E-state index in [1.54, 1.807) is 0 Å². The lowest BCUT2D eigenvalue weighted by molar-refractivity contribution is -0.146. The van der Waals surface area contributed by atoms with Crippen LogP contribution in [0.2, 0.25) is 0 Å². The Morgan fingerprint density at radius 3 is 2.11 bits per heavy atom. The summed E-state index contributed by atoms with van der Waals surface area (Å²) in [5.74, 6) is -3.02. The maximum atomic E-state index is 12.0. The van der Waals surface area contributed by atoms with Gasteiger partial charge in [0, 0.05) is 18.8 Å². The topological polar surface area (TPSA) is 17.1 Å². The lowest BCUT2D eigenvalue weighted by Crippen LogP contribution is -2.38. The molecule has 0 aromatic heterocycles. The molecule has 0 saturated heterocycles. The van der Waals surface area contributed by atoms with Crippen LogP contribution in [0.4, 0.5) is 8.78 Å². The summed E-state index contributed by atoms with van der Waals surface area (Å²) in [5.41, 5.74) is 0. The molecule has 0 atom stereocenters. The molecule has 52 valence electrons. The minimum atomic E-state index is -2.55. The van der Waals surface area contributed by atoms with Gasteiger partial charge in [-0.3, -0.25) is 4.79 Å². The largest absolute Gasteiger partial charge is 0.300 e. The van der Waals surface area contributed by atoms with Crippen LogP contribution in [-0.2, 0) is 4.79 Å². The first-order chi connectivity index (χ1) is 4.01. The molecule has 0 heterocycles. The Morgan fingerprint density at radius 2 is 2.00 bits per heavy atom. The van der Waals surface area contributed by atoms with Crippen LogP contribution in [0.5, 0.6) is 0 Å². The van der Waals surface area contributed by atoms with E-state index in [2.05, 4.69) is 0 Å². The number of carbonyl (C=O) groups excluding carboxylic acids is 1. The zero-order valence-corrected chi connectivity index (χ0v) is 5.16. The average Bonchev–Trinajstić information content (AvgIpc) is 1.59. The predicted molar refractivity (Wildman–Crippen MR) is 28.4 cm³/mol. The van der Waals surface area contributed by atoms with Crippen molar-refractivity contribution < 1.29 is 13.6 Å². The number of hydrogen-bond acceptors (Lipinski definition) is 1. The zero-order chi connectivity index (χ0) is 7.07. The van der Waals surface area contributed by atoms with Gasteiger partial charge in [-0.25, -0.2) is 8.78 Å². The second kappa shape index (κ2) is 1.75. The van der Waals surface area contributed by atoms with Crippen LogP contribution < -0.4 is 0 Å². The van der Waals surface area contributed by atoms with Crippen molar-refractivity contribution in [3.8, 4) is 0 Å². The van der Waals surface area contributed by atoms with Gasteiger partial charge in [-0.05, 0) is 6.92 Å². The van der Waals surface area contributed by atoms with E-state index in [9.17, 15) is 13.6 Å². The third-order valence-electron chi connectivity index (χ3n) is 1.66. The van der Waals surface area contributed by atoms with E-state index in [1.807, 2.05) is 0 Å². The third kappa shape index (κ3) is 1.26. The van der Waals surface area contributed by atoms with E-state index in [0.717, 1.165) is 0 Å². The van der Waals surface area contributed by atoms with Gasteiger partial charge in [-0.1, -0.05) is 0 Å². The van der Waals surface area contributed by atoms with E-state index in [0.29, 0.717) is 0 Å². The van der Waals surface area contributed by atoms with Crippen molar-refractivity contribution in [2.24, 2.45) is 5.92 Å². The highest BCUT2D eigenvalue weighted by Gasteiger charge is 2.47. The van der Waals surface area contributed by atoms with Crippen molar-refractivity contribution in [2.75, 3.05) is 0 Å². The Kier molecular flexibility index (Phi) is 1.30. The Morgan fingerprint density at radius 1 is 1.56 bits per heavy atom. The standard InChI is InChI=1S/C6H8F2O/c1-4(9)5-2-6(7,8)3-5/h5H,2-3H2,1H3. The van der Waals surface area contributed by atoms with Crippen molar-refractivity contribution in [3.05, 3.63) is 0 Å². The monoisotopic (exact) mass is 134 g/mol. The lowest BCUT2D eigenvalue weighted by atomic mass is 9.79. The van der Waals surface area contributed by atoms with Crippen LogP contribution in [-0.4, -0.2) is 11.7 Å². The SMILES string of the molecule is CC(=O)C1CC(F)(F)C1. The van der Waals surface area contributed by atoms with E-state index in [1.165, 1.54) is 6.92 Å². The summed E-state index contributed by atoms with van der Waals surface area (Å²) in [4.78, 5) is 10.4. The number of Topliss-reactive ketones (excluding diaryl/α,β-unsaturated/α-hetero) is 1. The zero-order valence-electron chi connectivity index (χ0n) is 5.16. The molecule has 0 radical (unpaired) electrons. The van der Waals surface area contributed by atoms with Gasteiger partial charge in [-0.2, -0.15) is 0 Å². The van der Waals surface area contributed by atoms with Crippen LogP contribution in [0.1, 0.15) is 19.8 Å². The molecule has 1 rings (SSSR count). The first kappa shape index (κ1) is 6.65. The quantitative estimate of drug-likeness (QED) is 0.532. The summed E-state index contributed by atoms with van der Waals surface area (Å²) in [6.07, 6.45) is -0.468. The van der Waals surface area contributed by atoms with Crippen LogP contribution in [0.3, 0.4) is 0 Å². The van der Waals surface area contributed by atoms with E-state index in [-0.39, 0.29) is 24.5 Å². The summed E-state index contributed by atoms with van der Waals surface area (Å²) < 4.78 is 24.0. The minimum absolute atomic E-state index is 0.110. The van der Waals surface area contributed by atoms with Gasteiger partial charge in [0.1, 0.15) is 5.78 Å². The summed E-state index contributed by atoms with van der Waals surface area (Å²) >= 11 is 0. The average molecular weight is 134 g/mol. The van der Waals surface area contributed by atoms with Gasteiger partial charge in [0.15, 0.2) is 0 Å². The van der Waals surface area contributed by atoms with Gasteiger partial charge in [0.25, 0.3) is 0 Å². The first-order valence-corrected chi connectivity index (χ1v) is 2.89. The maximum absolute atomic E-state index is 12.0. The van der Waals surface area contributed by atoms with Crippen LogP contribution in [0.25, 0.3) is 0 Å². The van der Waals surface area contributed by atoms with Crippen molar-refractivity contribution in [3.63, 3.8) is 0 Å². The second-order valence-electron chi connectivity index (χ2n) is 2.57. The number of halogens is 2. The third-order valence-corrected chi connectivity index (χ3v) is 1.66. The molecule has 1 aliphatic carbocycles. The molecule has 0 unspecified atom stereocenters. The number of ketones is 1. The molecule has 1 saturated carbocycles. The van der Waals surface area contributed by atoms with Gasteiger partial charge >= 0.3 is 0 Å². The van der Waals surface area contributed by atoms with Crippen molar-refractivity contribution in [1.29, 1.82) is 0 Å².